The van der Waals surface area contributed by atoms with Crippen LogP contribution in [0.2, 0.25) is 0 Å². The fraction of sp³-hybridized carbons (Fsp3) is 1.00. The lowest BCUT2D eigenvalue weighted by Crippen LogP contribution is -2.53. The quantitative estimate of drug-likeness (QED) is 0.646. The van der Waals surface area contributed by atoms with Crippen molar-refractivity contribution in [1.29, 1.82) is 0 Å². The minimum absolute atomic E-state index is 0.754. The molecule has 1 saturated heterocycles. The Hall–Kier alpha value is -0.120. The molecule has 0 spiro atoms. The monoisotopic (exact) mass is 185 g/mol. The van der Waals surface area contributed by atoms with Crippen LogP contribution in [0.25, 0.3) is 0 Å². The molecule has 1 heterocycles. The van der Waals surface area contributed by atoms with Gasteiger partial charge < -0.3 is 0 Å². The summed E-state index contributed by atoms with van der Waals surface area (Å²) in [6.07, 6.45) is 1.27. The SMILES string of the molecule is CCC(C)N1CCN(N(C)C)CC1. The van der Waals surface area contributed by atoms with E-state index in [0.29, 0.717) is 0 Å². The van der Waals surface area contributed by atoms with Gasteiger partial charge in [-0.25, -0.2) is 10.0 Å². The second-order valence-electron chi connectivity index (χ2n) is 4.09. The van der Waals surface area contributed by atoms with Crippen LogP contribution in [0, 0.1) is 0 Å². The maximum Gasteiger partial charge on any atom is 0.0261 e. The Morgan fingerprint density at radius 2 is 1.69 bits per heavy atom. The molecule has 0 aliphatic carbocycles. The molecule has 3 nitrogen and oxygen atoms in total. The van der Waals surface area contributed by atoms with Crippen molar-refractivity contribution in [2.75, 3.05) is 40.3 Å². The van der Waals surface area contributed by atoms with Crippen LogP contribution in [0.15, 0.2) is 0 Å². The molecule has 3 heteroatoms. The van der Waals surface area contributed by atoms with E-state index in [1.54, 1.807) is 0 Å². The number of hydrogen-bond acceptors (Lipinski definition) is 3. The summed E-state index contributed by atoms with van der Waals surface area (Å²) in [5.41, 5.74) is 0. The predicted octanol–water partition coefficient (Wildman–Crippen LogP) is 0.879. The summed E-state index contributed by atoms with van der Waals surface area (Å²) in [7, 11) is 4.25. The first-order valence-electron chi connectivity index (χ1n) is 5.31. The molecule has 0 radical (unpaired) electrons. The van der Waals surface area contributed by atoms with E-state index in [1.807, 2.05) is 0 Å². The Bertz CT molecular complexity index is 139. The highest BCUT2D eigenvalue weighted by atomic mass is 15.6. The molecule has 1 unspecified atom stereocenters. The Labute approximate surface area is 82.3 Å². The van der Waals surface area contributed by atoms with Gasteiger partial charge in [-0.3, -0.25) is 4.90 Å². The van der Waals surface area contributed by atoms with E-state index in [9.17, 15) is 0 Å². The minimum Gasteiger partial charge on any atom is -0.298 e. The first-order valence-corrected chi connectivity index (χ1v) is 5.31. The second kappa shape index (κ2) is 4.94. The minimum atomic E-state index is 0.754. The van der Waals surface area contributed by atoms with Gasteiger partial charge in [-0.05, 0) is 13.3 Å². The molecule has 1 fully saturated rings. The zero-order valence-electron chi connectivity index (χ0n) is 9.45. The van der Waals surface area contributed by atoms with Gasteiger partial charge in [0.15, 0.2) is 0 Å². The highest BCUT2D eigenvalue weighted by Crippen LogP contribution is 2.08. The topological polar surface area (TPSA) is 9.72 Å². The average molecular weight is 185 g/mol. The molecule has 1 aliphatic heterocycles. The zero-order chi connectivity index (χ0) is 9.84. The van der Waals surface area contributed by atoms with Gasteiger partial charge in [0.2, 0.25) is 0 Å². The Balaban J connectivity index is 2.30. The van der Waals surface area contributed by atoms with E-state index in [2.05, 4.69) is 42.9 Å². The van der Waals surface area contributed by atoms with Crippen molar-refractivity contribution in [3.8, 4) is 0 Å². The van der Waals surface area contributed by atoms with Crippen LogP contribution in [0.5, 0.6) is 0 Å². The van der Waals surface area contributed by atoms with Crippen LogP contribution in [0.1, 0.15) is 20.3 Å². The third kappa shape index (κ3) is 2.93. The van der Waals surface area contributed by atoms with Crippen LogP contribution in [-0.4, -0.2) is 61.2 Å². The third-order valence-electron chi connectivity index (χ3n) is 3.07. The van der Waals surface area contributed by atoms with Crippen LogP contribution in [0.3, 0.4) is 0 Å². The number of hydrogen-bond donors (Lipinski definition) is 0. The lowest BCUT2D eigenvalue weighted by atomic mass is 10.2. The smallest absolute Gasteiger partial charge is 0.0261 e. The van der Waals surface area contributed by atoms with Crippen LogP contribution < -0.4 is 0 Å². The van der Waals surface area contributed by atoms with Gasteiger partial charge in [0, 0.05) is 46.3 Å². The summed E-state index contributed by atoms with van der Waals surface area (Å²) < 4.78 is 0. The fourth-order valence-corrected chi connectivity index (χ4v) is 1.81. The standard InChI is InChI=1S/C10H23N3/c1-5-10(2)12-6-8-13(9-7-12)11(3)4/h10H,5-9H2,1-4H3. The molecule has 78 valence electrons. The average Bonchev–Trinajstić information content (AvgIpc) is 2.17. The first kappa shape index (κ1) is 11.0. The van der Waals surface area contributed by atoms with Crippen molar-refractivity contribution < 1.29 is 0 Å². The number of rotatable bonds is 3. The van der Waals surface area contributed by atoms with Crippen molar-refractivity contribution in [3.05, 3.63) is 0 Å². The normalized spacial score (nSPS) is 23.8. The predicted molar refractivity (Wildman–Crippen MR) is 56.6 cm³/mol. The highest BCUT2D eigenvalue weighted by Gasteiger charge is 2.20. The highest BCUT2D eigenvalue weighted by molar-refractivity contribution is 4.73. The maximum absolute atomic E-state index is 2.58. The number of hydrazine groups is 1. The van der Waals surface area contributed by atoms with E-state index in [4.69, 9.17) is 0 Å². The maximum atomic E-state index is 2.58. The Kier molecular flexibility index (Phi) is 4.16. The lowest BCUT2D eigenvalue weighted by molar-refractivity contribution is -0.0274. The van der Waals surface area contributed by atoms with E-state index in [1.165, 1.54) is 32.6 Å². The van der Waals surface area contributed by atoms with Gasteiger partial charge in [-0.2, -0.15) is 0 Å². The molecule has 0 amide bonds. The second-order valence-corrected chi connectivity index (χ2v) is 4.09. The van der Waals surface area contributed by atoms with E-state index >= 15 is 0 Å². The van der Waals surface area contributed by atoms with Crippen molar-refractivity contribution in [2.45, 2.75) is 26.3 Å². The molecule has 13 heavy (non-hydrogen) atoms. The Morgan fingerprint density at radius 1 is 1.15 bits per heavy atom. The number of piperazine rings is 1. The van der Waals surface area contributed by atoms with Gasteiger partial charge in [-0.15, -0.1) is 0 Å². The molecule has 0 N–H and O–H groups in total. The first-order chi connectivity index (χ1) is 6.15. The van der Waals surface area contributed by atoms with Crippen molar-refractivity contribution in [3.63, 3.8) is 0 Å². The molecule has 0 aromatic carbocycles. The summed E-state index contributed by atoms with van der Waals surface area (Å²) in [6, 6.07) is 0.754. The van der Waals surface area contributed by atoms with Crippen molar-refractivity contribution in [2.24, 2.45) is 0 Å². The van der Waals surface area contributed by atoms with Gasteiger partial charge in [0.25, 0.3) is 0 Å². The third-order valence-corrected chi connectivity index (χ3v) is 3.07. The summed E-state index contributed by atoms with van der Waals surface area (Å²) in [6.45, 7) is 9.38. The van der Waals surface area contributed by atoms with Gasteiger partial charge in [0.1, 0.15) is 0 Å². The van der Waals surface area contributed by atoms with Crippen LogP contribution >= 0.6 is 0 Å². The van der Waals surface area contributed by atoms with Crippen LogP contribution in [0.4, 0.5) is 0 Å². The molecular weight excluding hydrogens is 162 g/mol. The summed E-state index contributed by atoms with van der Waals surface area (Å²) in [4.78, 5) is 2.58. The van der Waals surface area contributed by atoms with Gasteiger partial charge in [-0.1, -0.05) is 6.92 Å². The molecule has 0 saturated carbocycles. The Morgan fingerprint density at radius 3 is 2.08 bits per heavy atom. The lowest BCUT2D eigenvalue weighted by Gasteiger charge is -2.40. The zero-order valence-corrected chi connectivity index (χ0v) is 9.45. The molecule has 1 aliphatic rings. The molecular formula is C10H23N3. The van der Waals surface area contributed by atoms with Crippen molar-refractivity contribution in [1.82, 2.24) is 14.9 Å². The summed E-state index contributed by atoms with van der Waals surface area (Å²) in [5.74, 6) is 0. The van der Waals surface area contributed by atoms with Gasteiger partial charge in [0.05, 0.1) is 0 Å². The van der Waals surface area contributed by atoms with Crippen molar-refractivity contribution >= 4 is 0 Å². The number of nitrogens with zero attached hydrogens (tertiary/aromatic N) is 3. The molecule has 0 aromatic heterocycles. The summed E-state index contributed by atoms with van der Waals surface area (Å²) in [5, 5.41) is 4.60. The largest absolute Gasteiger partial charge is 0.298 e. The van der Waals surface area contributed by atoms with E-state index in [-0.39, 0.29) is 0 Å². The van der Waals surface area contributed by atoms with E-state index < -0.39 is 0 Å². The van der Waals surface area contributed by atoms with Crippen LogP contribution in [-0.2, 0) is 0 Å². The molecule has 0 bridgehead atoms. The van der Waals surface area contributed by atoms with E-state index in [0.717, 1.165) is 6.04 Å². The molecule has 1 rings (SSSR count). The molecule has 1 atom stereocenters. The fourth-order valence-electron chi connectivity index (χ4n) is 1.81. The molecule has 0 aromatic rings. The van der Waals surface area contributed by atoms with Gasteiger partial charge >= 0.3 is 0 Å². The summed E-state index contributed by atoms with van der Waals surface area (Å²) >= 11 is 0.